The zero-order chi connectivity index (χ0) is 19.9. The van der Waals surface area contributed by atoms with Gasteiger partial charge in [0.25, 0.3) is 0 Å². The summed E-state index contributed by atoms with van der Waals surface area (Å²) in [5, 5.41) is 6.92. The minimum absolute atomic E-state index is 0.0413. The molecule has 0 spiro atoms. The van der Waals surface area contributed by atoms with E-state index in [0.29, 0.717) is 42.2 Å². The molecule has 1 amide bonds. The fourth-order valence-corrected chi connectivity index (χ4v) is 3.30. The molecule has 0 unspecified atom stereocenters. The first kappa shape index (κ1) is 20.4. The van der Waals surface area contributed by atoms with Crippen molar-refractivity contribution in [1.29, 1.82) is 0 Å². The molecule has 1 atom stereocenters. The average Bonchev–Trinajstić information content (AvgIpc) is 3.17. The topological polar surface area (TPSA) is 80.5 Å². The molecule has 7 nitrogen and oxygen atoms in total. The normalized spacial score (nSPS) is 16.3. The Kier molecular flexibility index (Phi) is 7.11. The predicted molar refractivity (Wildman–Crippen MR) is 102 cm³/mol. The summed E-state index contributed by atoms with van der Waals surface area (Å²) < 4.78 is 23.6. The van der Waals surface area contributed by atoms with Gasteiger partial charge in [0.05, 0.1) is 13.2 Å². The number of carbonyl (C=O) groups is 1. The number of nitrogens with one attached hydrogen (secondary N) is 1. The number of aryl methyl sites for hydroxylation is 1. The predicted octanol–water partition coefficient (Wildman–Crippen LogP) is 2.28. The van der Waals surface area contributed by atoms with Crippen LogP contribution in [0, 0.1) is 11.7 Å². The number of benzene rings is 1. The molecule has 1 aliphatic rings. The molecule has 8 heteroatoms. The number of amides is 1. The number of carbonyl (C=O) groups excluding carboxylic acids is 1. The summed E-state index contributed by atoms with van der Waals surface area (Å²) in [5.74, 6) is 0.861. The minimum Gasteiger partial charge on any atom is -0.379 e. The second-order valence-electron chi connectivity index (χ2n) is 7.28. The van der Waals surface area contributed by atoms with Crippen molar-refractivity contribution < 1.29 is 18.4 Å². The van der Waals surface area contributed by atoms with Gasteiger partial charge in [-0.15, -0.1) is 0 Å². The molecule has 0 radical (unpaired) electrons. The highest BCUT2D eigenvalue weighted by molar-refractivity contribution is 5.76. The number of halogens is 1. The first-order chi connectivity index (χ1) is 13.5. The molecule has 152 valence electrons. The van der Waals surface area contributed by atoms with Crippen LogP contribution in [0.3, 0.4) is 0 Å². The van der Waals surface area contributed by atoms with Crippen molar-refractivity contribution in [3.8, 4) is 11.4 Å². The van der Waals surface area contributed by atoms with Gasteiger partial charge in [0.2, 0.25) is 17.6 Å². The number of rotatable bonds is 8. The number of hydrogen-bond acceptors (Lipinski definition) is 6. The maximum Gasteiger partial charge on any atom is 0.227 e. The maximum atomic E-state index is 13.0. The van der Waals surface area contributed by atoms with Crippen LogP contribution in [-0.4, -0.2) is 59.8 Å². The van der Waals surface area contributed by atoms with E-state index in [-0.39, 0.29) is 18.1 Å². The molecular formula is C20H27FN4O3. The Morgan fingerprint density at radius 1 is 1.25 bits per heavy atom. The molecule has 1 aliphatic heterocycles. The monoisotopic (exact) mass is 390 g/mol. The summed E-state index contributed by atoms with van der Waals surface area (Å²) in [7, 11) is 0. The molecule has 1 saturated heterocycles. The molecule has 3 rings (SSSR count). The van der Waals surface area contributed by atoms with Crippen LogP contribution in [0.4, 0.5) is 4.39 Å². The van der Waals surface area contributed by atoms with Crippen LogP contribution in [0.25, 0.3) is 11.4 Å². The first-order valence-electron chi connectivity index (χ1n) is 9.70. The second kappa shape index (κ2) is 9.75. The van der Waals surface area contributed by atoms with Gasteiger partial charge < -0.3 is 14.6 Å². The SMILES string of the molecule is CC(C)[C@H](CNC(=O)CCc1nc(-c2ccc(F)cc2)no1)N1CCOCC1. The lowest BCUT2D eigenvalue weighted by molar-refractivity contribution is -0.121. The standard InChI is InChI=1S/C20H27FN4O3/c1-14(2)17(25-9-11-27-12-10-25)13-22-18(26)7-8-19-23-20(24-28-19)15-3-5-16(21)6-4-15/h3-6,14,17H,7-13H2,1-2H3,(H,22,26)/t17-/m0/s1. The highest BCUT2D eigenvalue weighted by Crippen LogP contribution is 2.17. The van der Waals surface area contributed by atoms with Crippen LogP contribution in [0.1, 0.15) is 26.2 Å². The summed E-state index contributed by atoms with van der Waals surface area (Å²) in [6.45, 7) is 8.22. The molecule has 0 bridgehead atoms. The van der Waals surface area contributed by atoms with Gasteiger partial charge in [-0.2, -0.15) is 4.98 Å². The summed E-state index contributed by atoms with van der Waals surface area (Å²) in [6, 6.07) is 6.17. The molecule has 0 saturated carbocycles. The van der Waals surface area contributed by atoms with Gasteiger partial charge in [-0.25, -0.2) is 4.39 Å². The Morgan fingerprint density at radius 2 is 1.96 bits per heavy atom. The van der Waals surface area contributed by atoms with Crippen molar-refractivity contribution in [1.82, 2.24) is 20.4 Å². The van der Waals surface area contributed by atoms with Crippen LogP contribution in [-0.2, 0) is 16.0 Å². The van der Waals surface area contributed by atoms with Gasteiger partial charge in [0.15, 0.2) is 0 Å². The lowest BCUT2D eigenvalue weighted by Crippen LogP contribution is -2.51. The van der Waals surface area contributed by atoms with E-state index >= 15 is 0 Å². The van der Waals surface area contributed by atoms with Gasteiger partial charge in [-0.3, -0.25) is 9.69 Å². The fraction of sp³-hybridized carbons (Fsp3) is 0.550. The van der Waals surface area contributed by atoms with Crippen LogP contribution in [0.2, 0.25) is 0 Å². The van der Waals surface area contributed by atoms with Gasteiger partial charge in [-0.05, 0) is 30.2 Å². The maximum absolute atomic E-state index is 13.0. The van der Waals surface area contributed by atoms with E-state index in [1.807, 2.05) is 0 Å². The second-order valence-corrected chi connectivity index (χ2v) is 7.28. The molecule has 1 aromatic heterocycles. The summed E-state index contributed by atoms with van der Waals surface area (Å²) in [5.41, 5.74) is 0.672. The molecule has 1 N–H and O–H groups in total. The number of morpholine rings is 1. The third-order valence-corrected chi connectivity index (χ3v) is 4.93. The van der Waals surface area contributed by atoms with Crippen LogP contribution >= 0.6 is 0 Å². The third kappa shape index (κ3) is 5.59. The van der Waals surface area contributed by atoms with Crippen LogP contribution < -0.4 is 5.32 Å². The number of ether oxygens (including phenoxy) is 1. The van der Waals surface area contributed by atoms with E-state index in [4.69, 9.17) is 9.26 Å². The summed E-state index contributed by atoms with van der Waals surface area (Å²) in [6.07, 6.45) is 0.642. The number of hydrogen-bond donors (Lipinski definition) is 1. The zero-order valence-electron chi connectivity index (χ0n) is 16.4. The first-order valence-corrected chi connectivity index (χ1v) is 9.70. The molecule has 2 aromatic rings. The Morgan fingerprint density at radius 3 is 2.64 bits per heavy atom. The molecular weight excluding hydrogens is 363 g/mol. The van der Waals surface area contributed by atoms with E-state index in [9.17, 15) is 9.18 Å². The van der Waals surface area contributed by atoms with E-state index in [2.05, 4.69) is 34.2 Å². The van der Waals surface area contributed by atoms with Gasteiger partial charge in [0.1, 0.15) is 5.82 Å². The van der Waals surface area contributed by atoms with Crippen molar-refractivity contribution in [3.05, 3.63) is 36.0 Å². The molecule has 1 fully saturated rings. The van der Waals surface area contributed by atoms with Gasteiger partial charge >= 0.3 is 0 Å². The zero-order valence-corrected chi connectivity index (χ0v) is 16.4. The minimum atomic E-state index is -0.319. The van der Waals surface area contributed by atoms with Gasteiger partial charge in [0, 0.05) is 44.1 Å². The molecule has 2 heterocycles. The van der Waals surface area contributed by atoms with Crippen molar-refractivity contribution in [2.45, 2.75) is 32.7 Å². The van der Waals surface area contributed by atoms with Crippen molar-refractivity contribution in [2.75, 3.05) is 32.8 Å². The Hall–Kier alpha value is -2.32. The lowest BCUT2D eigenvalue weighted by Gasteiger charge is -2.36. The van der Waals surface area contributed by atoms with E-state index in [1.165, 1.54) is 12.1 Å². The molecule has 1 aromatic carbocycles. The largest absolute Gasteiger partial charge is 0.379 e. The van der Waals surface area contributed by atoms with Crippen LogP contribution in [0.5, 0.6) is 0 Å². The van der Waals surface area contributed by atoms with Crippen molar-refractivity contribution in [3.63, 3.8) is 0 Å². The smallest absolute Gasteiger partial charge is 0.227 e. The molecule has 0 aliphatic carbocycles. The average molecular weight is 390 g/mol. The Balaban J connectivity index is 1.46. The van der Waals surface area contributed by atoms with Crippen LogP contribution in [0.15, 0.2) is 28.8 Å². The highest BCUT2D eigenvalue weighted by atomic mass is 19.1. The third-order valence-electron chi connectivity index (χ3n) is 4.93. The number of nitrogens with zero attached hydrogens (tertiary/aromatic N) is 3. The lowest BCUT2D eigenvalue weighted by atomic mass is 10.0. The number of aromatic nitrogens is 2. The van der Waals surface area contributed by atoms with Gasteiger partial charge in [-0.1, -0.05) is 19.0 Å². The van der Waals surface area contributed by atoms with E-state index in [0.717, 1.165) is 26.3 Å². The van der Waals surface area contributed by atoms with E-state index < -0.39 is 0 Å². The van der Waals surface area contributed by atoms with Crippen molar-refractivity contribution >= 4 is 5.91 Å². The summed E-state index contributed by atoms with van der Waals surface area (Å²) in [4.78, 5) is 18.9. The fourth-order valence-electron chi connectivity index (χ4n) is 3.30. The quantitative estimate of drug-likeness (QED) is 0.745. The van der Waals surface area contributed by atoms with Crippen molar-refractivity contribution in [2.24, 2.45) is 5.92 Å². The Labute approximate surface area is 164 Å². The van der Waals surface area contributed by atoms with E-state index in [1.54, 1.807) is 12.1 Å². The Bertz CT molecular complexity index is 757. The highest BCUT2D eigenvalue weighted by Gasteiger charge is 2.24. The summed E-state index contributed by atoms with van der Waals surface area (Å²) >= 11 is 0. The molecule has 28 heavy (non-hydrogen) atoms.